The number of rotatable bonds is 3. The summed E-state index contributed by atoms with van der Waals surface area (Å²) in [5.74, 6) is 0. The van der Waals surface area contributed by atoms with Crippen LogP contribution in [0.2, 0.25) is 0 Å². The van der Waals surface area contributed by atoms with Crippen LogP contribution in [-0.2, 0) is 10.2 Å². The standard InChI is InChI=1S/C14H25N3O2S/c1-13-8-4-7-11-17(13)20(18,19)16-14(12-15)9-5-2-3-6-10-14/h13,16H,2-11H2,1H3. The highest BCUT2D eigenvalue weighted by atomic mass is 32.2. The Morgan fingerprint density at radius 1 is 1.15 bits per heavy atom. The van der Waals surface area contributed by atoms with E-state index in [0.717, 1.165) is 44.9 Å². The summed E-state index contributed by atoms with van der Waals surface area (Å²) in [5, 5.41) is 9.50. The van der Waals surface area contributed by atoms with Gasteiger partial charge in [0.05, 0.1) is 6.07 Å². The molecule has 20 heavy (non-hydrogen) atoms. The molecule has 2 rings (SSSR count). The van der Waals surface area contributed by atoms with Crippen molar-refractivity contribution in [1.82, 2.24) is 9.03 Å². The molecule has 0 amide bonds. The fourth-order valence-corrected chi connectivity index (χ4v) is 5.11. The highest BCUT2D eigenvalue weighted by molar-refractivity contribution is 7.87. The monoisotopic (exact) mass is 299 g/mol. The molecule has 0 radical (unpaired) electrons. The van der Waals surface area contributed by atoms with E-state index < -0.39 is 15.7 Å². The lowest BCUT2D eigenvalue weighted by atomic mass is 9.94. The van der Waals surface area contributed by atoms with E-state index >= 15 is 0 Å². The van der Waals surface area contributed by atoms with Crippen LogP contribution < -0.4 is 4.72 Å². The molecular formula is C14H25N3O2S. The lowest BCUT2D eigenvalue weighted by Crippen LogP contribution is -2.55. The molecule has 2 aliphatic rings. The second kappa shape index (κ2) is 6.42. The van der Waals surface area contributed by atoms with Crippen molar-refractivity contribution in [3.8, 4) is 6.07 Å². The quantitative estimate of drug-likeness (QED) is 0.813. The predicted molar refractivity (Wildman–Crippen MR) is 78.1 cm³/mol. The first-order chi connectivity index (χ1) is 9.49. The largest absolute Gasteiger partial charge is 0.281 e. The summed E-state index contributed by atoms with van der Waals surface area (Å²) < 4.78 is 29.5. The van der Waals surface area contributed by atoms with Gasteiger partial charge in [-0.15, -0.1) is 0 Å². The van der Waals surface area contributed by atoms with Crippen molar-refractivity contribution < 1.29 is 8.42 Å². The molecule has 1 N–H and O–H groups in total. The van der Waals surface area contributed by atoms with Crippen LogP contribution >= 0.6 is 0 Å². The van der Waals surface area contributed by atoms with Gasteiger partial charge in [-0.2, -0.15) is 22.7 Å². The molecule has 0 spiro atoms. The van der Waals surface area contributed by atoms with Gasteiger partial charge in [0.2, 0.25) is 0 Å². The Balaban J connectivity index is 2.14. The smallest absolute Gasteiger partial charge is 0.196 e. The molecule has 114 valence electrons. The van der Waals surface area contributed by atoms with Gasteiger partial charge in [0, 0.05) is 12.6 Å². The third-order valence-electron chi connectivity index (χ3n) is 4.55. The number of hydrogen-bond acceptors (Lipinski definition) is 3. The molecule has 1 heterocycles. The van der Waals surface area contributed by atoms with Crippen LogP contribution in [0.4, 0.5) is 0 Å². The minimum atomic E-state index is -3.56. The van der Waals surface area contributed by atoms with Crippen molar-refractivity contribution >= 4 is 10.2 Å². The van der Waals surface area contributed by atoms with Gasteiger partial charge in [-0.1, -0.05) is 32.1 Å². The maximum Gasteiger partial charge on any atom is 0.281 e. The fourth-order valence-electron chi connectivity index (χ4n) is 3.30. The zero-order chi connectivity index (χ0) is 14.6. The summed E-state index contributed by atoms with van der Waals surface area (Å²) in [6.45, 7) is 2.52. The normalized spacial score (nSPS) is 28.5. The Morgan fingerprint density at radius 3 is 2.35 bits per heavy atom. The molecule has 1 aliphatic heterocycles. The molecular weight excluding hydrogens is 274 g/mol. The summed E-state index contributed by atoms with van der Waals surface area (Å²) in [5.41, 5.74) is -0.896. The third-order valence-corrected chi connectivity index (χ3v) is 6.35. The zero-order valence-corrected chi connectivity index (χ0v) is 13.1. The predicted octanol–water partition coefficient (Wildman–Crippen LogP) is 2.31. The average Bonchev–Trinajstić information content (AvgIpc) is 2.64. The van der Waals surface area contributed by atoms with Gasteiger partial charge >= 0.3 is 0 Å². The average molecular weight is 299 g/mol. The van der Waals surface area contributed by atoms with E-state index in [1.165, 1.54) is 0 Å². The molecule has 1 atom stereocenters. The molecule has 2 fully saturated rings. The van der Waals surface area contributed by atoms with E-state index in [-0.39, 0.29) is 6.04 Å². The van der Waals surface area contributed by atoms with Crippen LogP contribution in [0.5, 0.6) is 0 Å². The Morgan fingerprint density at radius 2 is 1.80 bits per heavy atom. The second-order valence-electron chi connectivity index (χ2n) is 6.17. The van der Waals surface area contributed by atoms with Gasteiger partial charge < -0.3 is 0 Å². The van der Waals surface area contributed by atoms with Gasteiger partial charge in [-0.3, -0.25) is 0 Å². The molecule has 5 nitrogen and oxygen atoms in total. The Labute approximate surface area is 122 Å². The molecule has 6 heteroatoms. The van der Waals surface area contributed by atoms with Crippen molar-refractivity contribution in [3.05, 3.63) is 0 Å². The topological polar surface area (TPSA) is 73.2 Å². The minimum absolute atomic E-state index is 0.0303. The highest BCUT2D eigenvalue weighted by Gasteiger charge is 2.39. The van der Waals surface area contributed by atoms with Crippen molar-refractivity contribution in [3.63, 3.8) is 0 Å². The van der Waals surface area contributed by atoms with Crippen LogP contribution in [0.15, 0.2) is 0 Å². The van der Waals surface area contributed by atoms with Gasteiger partial charge in [-0.05, 0) is 32.6 Å². The van der Waals surface area contributed by atoms with Crippen LogP contribution in [0, 0.1) is 11.3 Å². The van der Waals surface area contributed by atoms with E-state index in [1.807, 2.05) is 6.92 Å². The second-order valence-corrected chi connectivity index (χ2v) is 7.79. The highest BCUT2D eigenvalue weighted by Crippen LogP contribution is 2.29. The van der Waals surface area contributed by atoms with Gasteiger partial charge in [0.15, 0.2) is 0 Å². The van der Waals surface area contributed by atoms with Gasteiger partial charge in [0.25, 0.3) is 10.2 Å². The molecule has 0 aromatic carbocycles. The Kier molecular flexibility index (Phi) is 5.05. The molecule has 0 aromatic rings. The van der Waals surface area contributed by atoms with Crippen molar-refractivity contribution in [1.29, 1.82) is 5.26 Å². The summed E-state index contributed by atoms with van der Waals surface area (Å²) in [6, 6.07) is 2.28. The molecule has 1 aliphatic carbocycles. The summed E-state index contributed by atoms with van der Waals surface area (Å²) in [4.78, 5) is 0. The van der Waals surface area contributed by atoms with Gasteiger partial charge in [0.1, 0.15) is 5.54 Å². The van der Waals surface area contributed by atoms with E-state index in [4.69, 9.17) is 0 Å². The maximum absolute atomic E-state index is 12.6. The van der Waals surface area contributed by atoms with Crippen molar-refractivity contribution in [2.45, 2.75) is 76.3 Å². The van der Waals surface area contributed by atoms with Crippen LogP contribution in [-0.4, -0.2) is 30.8 Å². The Bertz CT molecular complexity index is 461. The minimum Gasteiger partial charge on any atom is -0.196 e. The first kappa shape index (κ1) is 15.7. The zero-order valence-electron chi connectivity index (χ0n) is 12.3. The number of nitrogens with zero attached hydrogens (tertiary/aromatic N) is 2. The first-order valence-electron chi connectivity index (χ1n) is 7.71. The number of nitrogens with one attached hydrogen (secondary N) is 1. The van der Waals surface area contributed by atoms with E-state index in [1.54, 1.807) is 4.31 Å². The summed E-state index contributed by atoms with van der Waals surface area (Å²) in [6.07, 6.45) is 8.17. The lowest BCUT2D eigenvalue weighted by Gasteiger charge is -2.35. The fraction of sp³-hybridized carbons (Fsp3) is 0.929. The van der Waals surface area contributed by atoms with Crippen LogP contribution in [0.25, 0.3) is 0 Å². The van der Waals surface area contributed by atoms with E-state index in [0.29, 0.717) is 19.4 Å². The van der Waals surface area contributed by atoms with E-state index in [2.05, 4.69) is 10.8 Å². The first-order valence-corrected chi connectivity index (χ1v) is 9.15. The maximum atomic E-state index is 12.6. The van der Waals surface area contributed by atoms with Crippen LogP contribution in [0.3, 0.4) is 0 Å². The van der Waals surface area contributed by atoms with Crippen LogP contribution in [0.1, 0.15) is 64.7 Å². The number of piperidine rings is 1. The van der Waals surface area contributed by atoms with Gasteiger partial charge in [-0.25, -0.2) is 0 Å². The summed E-state index contributed by atoms with van der Waals surface area (Å²) in [7, 11) is -3.56. The number of nitriles is 1. The Hall–Kier alpha value is -0.640. The van der Waals surface area contributed by atoms with E-state index in [9.17, 15) is 13.7 Å². The van der Waals surface area contributed by atoms with Crippen molar-refractivity contribution in [2.24, 2.45) is 0 Å². The molecule has 1 saturated carbocycles. The third kappa shape index (κ3) is 3.51. The molecule has 1 saturated heterocycles. The summed E-state index contributed by atoms with van der Waals surface area (Å²) >= 11 is 0. The van der Waals surface area contributed by atoms with Crippen molar-refractivity contribution in [2.75, 3.05) is 6.54 Å². The lowest BCUT2D eigenvalue weighted by molar-refractivity contribution is 0.259. The molecule has 0 aromatic heterocycles. The SMILES string of the molecule is CC1CCCCN1S(=O)(=O)NC1(C#N)CCCCCC1. The molecule has 0 bridgehead atoms. The number of hydrogen-bond donors (Lipinski definition) is 1. The molecule has 1 unspecified atom stereocenters.